The van der Waals surface area contributed by atoms with Gasteiger partial charge in [0.25, 0.3) is 0 Å². The fourth-order valence-electron chi connectivity index (χ4n) is 4.35. The van der Waals surface area contributed by atoms with Gasteiger partial charge >= 0.3 is 0 Å². The molecule has 0 saturated carbocycles. The third-order valence-electron chi connectivity index (χ3n) is 5.81. The Bertz CT molecular complexity index is 1530. The lowest BCUT2D eigenvalue weighted by atomic mass is 10.1. The number of rotatable bonds is 3. The third-order valence-corrected chi connectivity index (χ3v) is 5.98. The first-order valence-electron chi connectivity index (χ1n) is 10.7. The summed E-state index contributed by atoms with van der Waals surface area (Å²) in [6.07, 6.45) is 8.35. The molecule has 0 N–H and O–H groups in total. The van der Waals surface area contributed by atoms with Gasteiger partial charge in [-0.3, -0.25) is 0 Å². The van der Waals surface area contributed by atoms with E-state index >= 15 is 0 Å². The molecule has 0 atom stereocenters. The fourth-order valence-corrected chi connectivity index (χ4v) is 4.51. The van der Waals surface area contributed by atoms with Gasteiger partial charge in [0, 0.05) is 27.6 Å². The zero-order valence-electron chi connectivity index (χ0n) is 17.2. The smallest absolute Gasteiger partial charge is 0.226 e. The molecule has 2 aromatic heterocycles. The van der Waals surface area contributed by atoms with Gasteiger partial charge in [0.1, 0.15) is 0 Å². The highest BCUT2D eigenvalue weighted by atomic mass is 35.5. The minimum atomic E-state index is 0.202. The van der Waals surface area contributed by atoms with Crippen LogP contribution >= 0.6 is 11.6 Å². The van der Waals surface area contributed by atoms with Crippen LogP contribution in [0.25, 0.3) is 44.5 Å². The second-order valence-corrected chi connectivity index (χ2v) is 8.15. The van der Waals surface area contributed by atoms with Crippen molar-refractivity contribution in [1.29, 1.82) is 0 Å². The van der Waals surface area contributed by atoms with Gasteiger partial charge in [0.15, 0.2) is 11.6 Å². The molecular weight excluding hydrogens is 416 g/mol. The van der Waals surface area contributed by atoms with Gasteiger partial charge in [-0.15, -0.1) is 0 Å². The highest BCUT2D eigenvalue weighted by Crippen LogP contribution is 2.34. The van der Waals surface area contributed by atoms with Crippen molar-refractivity contribution in [2.24, 2.45) is 0 Å². The summed E-state index contributed by atoms with van der Waals surface area (Å²) < 4.78 is 2.28. The largest absolute Gasteiger partial charge is 0.309 e. The zero-order valence-corrected chi connectivity index (χ0v) is 18.0. The lowest BCUT2D eigenvalue weighted by Gasteiger charge is -2.10. The van der Waals surface area contributed by atoms with Crippen molar-refractivity contribution in [1.82, 2.24) is 19.5 Å². The standard InChI is InChI=1S/C27H19ClN4/c28-27-30-25(18-9-3-1-4-10-18)29-26(31-27)19-15-16-22-21-13-7-8-14-23(21)32(24(22)17-19)20-11-5-2-6-12-20/h2-3,5-17H,1,4H2. The minimum absolute atomic E-state index is 0.202. The minimum Gasteiger partial charge on any atom is -0.309 e. The number of halogens is 1. The summed E-state index contributed by atoms with van der Waals surface area (Å²) in [5.74, 6) is 1.19. The fraction of sp³-hybridized carbons (Fsp3) is 0.0741. The van der Waals surface area contributed by atoms with Crippen molar-refractivity contribution in [3.05, 3.63) is 102 Å². The Hall–Kier alpha value is -3.76. The van der Waals surface area contributed by atoms with Crippen molar-refractivity contribution in [3.8, 4) is 17.1 Å². The van der Waals surface area contributed by atoms with E-state index in [1.165, 1.54) is 10.8 Å². The van der Waals surface area contributed by atoms with E-state index < -0.39 is 0 Å². The Morgan fingerprint density at radius 3 is 2.34 bits per heavy atom. The first-order chi connectivity index (χ1) is 15.8. The molecule has 154 valence electrons. The second kappa shape index (κ2) is 7.74. The predicted molar refractivity (Wildman–Crippen MR) is 131 cm³/mol. The topological polar surface area (TPSA) is 43.6 Å². The number of allylic oxidation sites excluding steroid dienone is 4. The van der Waals surface area contributed by atoms with Crippen LogP contribution in [0.1, 0.15) is 18.7 Å². The number of para-hydroxylation sites is 2. The van der Waals surface area contributed by atoms with Gasteiger partial charge in [-0.2, -0.15) is 9.97 Å². The molecule has 0 unspecified atom stereocenters. The highest BCUT2D eigenvalue weighted by molar-refractivity contribution is 6.28. The summed E-state index contributed by atoms with van der Waals surface area (Å²) >= 11 is 6.31. The van der Waals surface area contributed by atoms with Crippen LogP contribution in [0.2, 0.25) is 5.28 Å². The summed E-state index contributed by atoms with van der Waals surface area (Å²) in [5.41, 5.74) is 5.27. The van der Waals surface area contributed by atoms with Crippen LogP contribution in [0.5, 0.6) is 0 Å². The normalized spacial score (nSPS) is 13.6. The molecule has 5 aromatic rings. The predicted octanol–water partition coefficient (Wildman–Crippen LogP) is 7.02. The van der Waals surface area contributed by atoms with Crippen molar-refractivity contribution in [2.75, 3.05) is 0 Å². The van der Waals surface area contributed by atoms with E-state index in [0.29, 0.717) is 11.6 Å². The maximum absolute atomic E-state index is 6.31. The summed E-state index contributed by atoms with van der Waals surface area (Å²) in [4.78, 5) is 13.6. The molecule has 3 aromatic carbocycles. The lowest BCUT2D eigenvalue weighted by Crippen LogP contribution is -2.01. The monoisotopic (exact) mass is 434 g/mol. The molecule has 5 heteroatoms. The molecule has 2 heterocycles. The van der Waals surface area contributed by atoms with E-state index in [2.05, 4.69) is 99.5 Å². The number of fused-ring (bicyclic) bond motifs is 3. The van der Waals surface area contributed by atoms with Crippen molar-refractivity contribution in [2.45, 2.75) is 12.8 Å². The van der Waals surface area contributed by atoms with E-state index in [0.717, 1.165) is 40.7 Å². The van der Waals surface area contributed by atoms with E-state index in [4.69, 9.17) is 16.6 Å². The second-order valence-electron chi connectivity index (χ2n) is 7.81. The van der Waals surface area contributed by atoms with Crippen LogP contribution < -0.4 is 0 Å². The maximum Gasteiger partial charge on any atom is 0.226 e. The van der Waals surface area contributed by atoms with Crippen LogP contribution in [0.3, 0.4) is 0 Å². The molecule has 0 aliphatic heterocycles. The van der Waals surface area contributed by atoms with Crippen molar-refractivity contribution >= 4 is 39.0 Å². The quantitative estimate of drug-likeness (QED) is 0.306. The molecule has 0 spiro atoms. The van der Waals surface area contributed by atoms with Gasteiger partial charge in [-0.25, -0.2) is 4.98 Å². The molecule has 1 aliphatic rings. The lowest BCUT2D eigenvalue weighted by molar-refractivity contribution is 1.00. The first kappa shape index (κ1) is 19.0. The molecule has 0 saturated heterocycles. The Balaban J connectivity index is 1.58. The molecular formula is C27H19ClN4. The summed E-state index contributed by atoms with van der Waals surface area (Å²) in [7, 11) is 0. The number of hydrogen-bond acceptors (Lipinski definition) is 3. The number of nitrogens with zero attached hydrogens (tertiary/aromatic N) is 4. The molecule has 6 rings (SSSR count). The summed E-state index contributed by atoms with van der Waals surface area (Å²) in [6, 6.07) is 25.2. The van der Waals surface area contributed by atoms with Gasteiger partial charge in [0.2, 0.25) is 5.28 Å². The van der Waals surface area contributed by atoms with Gasteiger partial charge in [-0.1, -0.05) is 66.8 Å². The van der Waals surface area contributed by atoms with Crippen LogP contribution in [0, 0.1) is 0 Å². The molecule has 0 bridgehead atoms. The number of aromatic nitrogens is 4. The average molecular weight is 435 g/mol. The summed E-state index contributed by atoms with van der Waals surface area (Å²) in [5, 5.41) is 2.60. The number of benzene rings is 3. The number of hydrogen-bond donors (Lipinski definition) is 0. The molecule has 32 heavy (non-hydrogen) atoms. The Kier molecular flexibility index (Phi) is 4.58. The molecule has 4 nitrogen and oxygen atoms in total. The highest BCUT2D eigenvalue weighted by Gasteiger charge is 2.15. The van der Waals surface area contributed by atoms with Crippen LogP contribution in [-0.4, -0.2) is 19.5 Å². The molecule has 0 fully saturated rings. The molecule has 1 aliphatic carbocycles. The molecule has 0 amide bonds. The van der Waals surface area contributed by atoms with Crippen LogP contribution in [-0.2, 0) is 0 Å². The third kappa shape index (κ3) is 3.20. The summed E-state index contributed by atoms with van der Waals surface area (Å²) in [6.45, 7) is 0. The van der Waals surface area contributed by atoms with E-state index in [9.17, 15) is 0 Å². The Morgan fingerprint density at radius 2 is 1.50 bits per heavy atom. The van der Waals surface area contributed by atoms with E-state index in [1.54, 1.807) is 0 Å². The van der Waals surface area contributed by atoms with Crippen LogP contribution in [0.4, 0.5) is 0 Å². The van der Waals surface area contributed by atoms with Crippen LogP contribution in [0.15, 0.2) is 91.0 Å². The first-order valence-corrected chi connectivity index (χ1v) is 11.0. The zero-order chi connectivity index (χ0) is 21.5. The molecule has 0 radical (unpaired) electrons. The Labute approximate surface area is 190 Å². The SMILES string of the molecule is Clc1nc(C2=CCCC=C2)nc(-c2ccc3c4ccccc4n(-c4ccccc4)c3c2)n1. The van der Waals surface area contributed by atoms with Gasteiger partial charge < -0.3 is 4.57 Å². The maximum atomic E-state index is 6.31. The van der Waals surface area contributed by atoms with Gasteiger partial charge in [-0.05, 0) is 48.7 Å². The van der Waals surface area contributed by atoms with E-state index in [-0.39, 0.29) is 5.28 Å². The average Bonchev–Trinajstić information content (AvgIpc) is 3.18. The van der Waals surface area contributed by atoms with Gasteiger partial charge in [0.05, 0.1) is 11.0 Å². The Morgan fingerprint density at radius 1 is 0.719 bits per heavy atom. The van der Waals surface area contributed by atoms with Crippen molar-refractivity contribution < 1.29 is 0 Å². The van der Waals surface area contributed by atoms with Crippen molar-refractivity contribution in [3.63, 3.8) is 0 Å². The van der Waals surface area contributed by atoms with E-state index in [1.807, 2.05) is 6.07 Å².